The van der Waals surface area contributed by atoms with Crippen molar-refractivity contribution >= 4 is 15.9 Å². The van der Waals surface area contributed by atoms with Crippen molar-refractivity contribution in [2.24, 2.45) is 5.92 Å². The van der Waals surface area contributed by atoms with Crippen LogP contribution >= 0.6 is 15.9 Å². The SMILES string of the molecule is COc1ccccc1CO[C@@H]1C[C@]2(C(C)C)O[C@@]1(C)C[C@@H]2Br. The predicted octanol–water partition coefficient (Wildman–Crippen LogP) is 4.32. The molecule has 0 unspecified atom stereocenters. The van der Waals surface area contributed by atoms with Crippen molar-refractivity contribution in [3.8, 4) is 5.75 Å². The zero-order valence-corrected chi connectivity index (χ0v) is 15.4. The van der Waals surface area contributed by atoms with E-state index in [1.54, 1.807) is 7.11 Å². The summed E-state index contributed by atoms with van der Waals surface area (Å²) >= 11 is 3.83. The number of rotatable bonds is 5. The molecule has 22 heavy (non-hydrogen) atoms. The third-order valence-corrected chi connectivity index (χ3v) is 6.43. The van der Waals surface area contributed by atoms with Crippen LogP contribution in [0.4, 0.5) is 0 Å². The average Bonchev–Trinajstić information content (AvgIpc) is 2.93. The van der Waals surface area contributed by atoms with Gasteiger partial charge in [0.25, 0.3) is 0 Å². The molecule has 0 N–H and O–H groups in total. The van der Waals surface area contributed by atoms with E-state index in [-0.39, 0.29) is 17.3 Å². The molecule has 2 aliphatic rings. The topological polar surface area (TPSA) is 27.7 Å². The molecule has 0 spiro atoms. The smallest absolute Gasteiger partial charge is 0.124 e. The van der Waals surface area contributed by atoms with Crippen LogP contribution in [0.25, 0.3) is 0 Å². The number of benzene rings is 1. The number of para-hydroxylation sites is 1. The summed E-state index contributed by atoms with van der Waals surface area (Å²) < 4.78 is 18.1. The number of halogens is 1. The van der Waals surface area contributed by atoms with Crippen LogP contribution in [0.1, 0.15) is 39.2 Å². The van der Waals surface area contributed by atoms with Gasteiger partial charge in [0.15, 0.2) is 0 Å². The molecule has 122 valence electrons. The lowest BCUT2D eigenvalue weighted by Gasteiger charge is -2.35. The molecule has 0 amide bonds. The highest BCUT2D eigenvalue weighted by Crippen LogP contribution is 2.57. The summed E-state index contributed by atoms with van der Waals surface area (Å²) in [6, 6.07) is 8.03. The summed E-state index contributed by atoms with van der Waals surface area (Å²) in [5.74, 6) is 1.35. The molecular formula is C18H25BrO3. The Morgan fingerprint density at radius 2 is 2.05 bits per heavy atom. The highest BCUT2D eigenvalue weighted by molar-refractivity contribution is 9.09. The normalized spacial score (nSPS) is 37.0. The third-order valence-electron chi connectivity index (χ3n) is 5.33. The van der Waals surface area contributed by atoms with Crippen LogP contribution in [0.2, 0.25) is 0 Å². The molecule has 2 bridgehead atoms. The van der Waals surface area contributed by atoms with E-state index in [2.05, 4.69) is 42.8 Å². The van der Waals surface area contributed by atoms with Crippen LogP contribution in [-0.4, -0.2) is 29.2 Å². The van der Waals surface area contributed by atoms with E-state index >= 15 is 0 Å². The highest BCUT2D eigenvalue weighted by atomic mass is 79.9. The molecule has 1 aromatic carbocycles. The summed E-state index contributed by atoms with van der Waals surface area (Å²) in [5, 5.41) is 0. The van der Waals surface area contributed by atoms with Crippen molar-refractivity contribution in [2.75, 3.05) is 7.11 Å². The van der Waals surface area contributed by atoms with E-state index in [0.29, 0.717) is 17.4 Å². The molecule has 2 saturated heterocycles. The highest BCUT2D eigenvalue weighted by Gasteiger charge is 2.65. The van der Waals surface area contributed by atoms with Crippen LogP contribution in [-0.2, 0) is 16.1 Å². The van der Waals surface area contributed by atoms with Gasteiger partial charge < -0.3 is 14.2 Å². The molecule has 3 rings (SSSR count). The summed E-state index contributed by atoms with van der Waals surface area (Å²) in [6.45, 7) is 7.23. The number of fused-ring (bicyclic) bond motifs is 2. The fourth-order valence-electron chi connectivity index (χ4n) is 3.90. The van der Waals surface area contributed by atoms with Crippen LogP contribution in [0.3, 0.4) is 0 Å². The molecule has 2 heterocycles. The average molecular weight is 369 g/mol. The zero-order valence-electron chi connectivity index (χ0n) is 13.8. The fourth-order valence-corrected chi connectivity index (χ4v) is 5.36. The molecule has 0 aromatic heterocycles. The van der Waals surface area contributed by atoms with E-state index in [0.717, 1.165) is 24.2 Å². The quantitative estimate of drug-likeness (QED) is 0.724. The zero-order chi connectivity index (χ0) is 16.0. The van der Waals surface area contributed by atoms with Crippen molar-refractivity contribution < 1.29 is 14.2 Å². The maximum absolute atomic E-state index is 6.48. The first-order valence-corrected chi connectivity index (χ1v) is 8.90. The maximum atomic E-state index is 6.48. The van der Waals surface area contributed by atoms with E-state index in [9.17, 15) is 0 Å². The lowest BCUT2D eigenvalue weighted by molar-refractivity contribution is -0.0956. The molecule has 1 aromatic rings. The number of hydrogen-bond donors (Lipinski definition) is 0. The fraction of sp³-hybridized carbons (Fsp3) is 0.667. The Labute approximate surface area is 141 Å². The van der Waals surface area contributed by atoms with Gasteiger partial charge in [-0.1, -0.05) is 48.0 Å². The van der Waals surface area contributed by atoms with Crippen LogP contribution < -0.4 is 4.74 Å². The minimum Gasteiger partial charge on any atom is -0.496 e. The van der Waals surface area contributed by atoms with Gasteiger partial charge >= 0.3 is 0 Å². The Kier molecular flexibility index (Phi) is 4.30. The van der Waals surface area contributed by atoms with E-state index in [1.807, 2.05) is 18.2 Å². The molecule has 4 heteroatoms. The Morgan fingerprint density at radius 3 is 2.68 bits per heavy atom. The Bertz CT molecular complexity index is 547. The molecule has 0 aliphatic carbocycles. The molecule has 2 fully saturated rings. The lowest BCUT2D eigenvalue weighted by atomic mass is 9.75. The largest absolute Gasteiger partial charge is 0.496 e. The van der Waals surface area contributed by atoms with Gasteiger partial charge in [0.1, 0.15) is 5.75 Å². The maximum Gasteiger partial charge on any atom is 0.124 e. The second kappa shape index (κ2) is 5.81. The molecule has 0 radical (unpaired) electrons. The van der Waals surface area contributed by atoms with Crippen molar-refractivity contribution in [1.29, 1.82) is 0 Å². The van der Waals surface area contributed by atoms with Crippen LogP contribution in [0, 0.1) is 5.92 Å². The lowest BCUT2D eigenvalue weighted by Crippen LogP contribution is -2.44. The first-order valence-electron chi connectivity index (χ1n) is 7.99. The molecular weight excluding hydrogens is 344 g/mol. The second-order valence-corrected chi connectivity index (χ2v) is 8.12. The van der Waals surface area contributed by atoms with Gasteiger partial charge in [-0.3, -0.25) is 0 Å². The summed E-state index contributed by atoms with van der Waals surface area (Å²) in [4.78, 5) is 0.413. The third kappa shape index (κ3) is 2.49. The Morgan fingerprint density at radius 1 is 1.32 bits per heavy atom. The van der Waals surface area contributed by atoms with Crippen molar-refractivity contribution in [2.45, 2.75) is 62.4 Å². The molecule has 3 nitrogen and oxygen atoms in total. The second-order valence-electron chi connectivity index (χ2n) is 7.01. The van der Waals surface area contributed by atoms with Crippen molar-refractivity contribution in [1.82, 2.24) is 0 Å². The summed E-state index contributed by atoms with van der Waals surface area (Å²) in [5.41, 5.74) is 0.797. The van der Waals surface area contributed by atoms with E-state index in [1.165, 1.54) is 0 Å². The van der Waals surface area contributed by atoms with E-state index < -0.39 is 0 Å². The number of ether oxygens (including phenoxy) is 3. The van der Waals surface area contributed by atoms with Gasteiger partial charge in [0.05, 0.1) is 31.0 Å². The standard InChI is InChI=1S/C18H25BrO3/c1-12(2)18-10-16(17(3,22-18)9-15(18)19)21-11-13-7-5-6-8-14(13)20-4/h5-8,12,15-16H,9-11H2,1-4H3/t15-,16+,17-,18+/m0/s1. The predicted molar refractivity (Wildman–Crippen MR) is 90.6 cm³/mol. The molecule has 2 aliphatic heterocycles. The number of hydrogen-bond acceptors (Lipinski definition) is 3. The van der Waals surface area contributed by atoms with Crippen LogP contribution in [0.5, 0.6) is 5.75 Å². The first-order chi connectivity index (χ1) is 10.4. The monoisotopic (exact) mass is 368 g/mol. The van der Waals surface area contributed by atoms with Crippen molar-refractivity contribution in [3.05, 3.63) is 29.8 Å². The van der Waals surface area contributed by atoms with Gasteiger partial charge in [-0.25, -0.2) is 0 Å². The number of methoxy groups -OCH3 is 1. The van der Waals surface area contributed by atoms with Gasteiger partial charge in [-0.05, 0) is 25.3 Å². The van der Waals surface area contributed by atoms with Crippen molar-refractivity contribution in [3.63, 3.8) is 0 Å². The minimum atomic E-state index is -0.194. The first kappa shape index (κ1) is 16.3. The Hall–Kier alpha value is -0.580. The van der Waals surface area contributed by atoms with Gasteiger partial charge in [0.2, 0.25) is 0 Å². The van der Waals surface area contributed by atoms with Crippen LogP contribution in [0.15, 0.2) is 24.3 Å². The summed E-state index contributed by atoms with van der Waals surface area (Å²) in [7, 11) is 1.70. The van der Waals surface area contributed by atoms with Gasteiger partial charge in [0, 0.05) is 16.8 Å². The van der Waals surface area contributed by atoms with Gasteiger partial charge in [-0.2, -0.15) is 0 Å². The molecule has 4 atom stereocenters. The van der Waals surface area contributed by atoms with E-state index in [4.69, 9.17) is 14.2 Å². The molecule has 0 saturated carbocycles. The summed E-state index contributed by atoms with van der Waals surface area (Å²) in [6.07, 6.45) is 2.09. The Balaban J connectivity index is 1.72. The number of alkyl halides is 1. The minimum absolute atomic E-state index is 0.0970. The van der Waals surface area contributed by atoms with Gasteiger partial charge in [-0.15, -0.1) is 0 Å².